The smallest absolute Gasteiger partial charge is 0.340 e. The van der Waals surface area contributed by atoms with Gasteiger partial charge in [-0.25, -0.2) is 0 Å². The van der Waals surface area contributed by atoms with Gasteiger partial charge in [-0.15, -0.1) is 0 Å². The molecule has 0 heterocycles. The Morgan fingerprint density at radius 2 is 1.67 bits per heavy atom. The zero-order valence-electron chi connectivity index (χ0n) is 9.19. The van der Waals surface area contributed by atoms with Gasteiger partial charge in [0.1, 0.15) is 6.04 Å². The second kappa shape index (κ2) is 5.93. The van der Waals surface area contributed by atoms with Crippen LogP contribution in [0.1, 0.15) is 19.8 Å². The van der Waals surface area contributed by atoms with Gasteiger partial charge in [0.05, 0.1) is 6.07 Å². The number of nitriles is 1. The highest BCUT2D eigenvalue weighted by Crippen LogP contribution is 2.39. The number of alkyl halides is 6. The number of hydrogen-bond donors (Lipinski definition) is 1. The van der Waals surface area contributed by atoms with Crippen LogP contribution in [0.3, 0.4) is 0 Å². The van der Waals surface area contributed by atoms with Crippen LogP contribution < -0.4 is 5.32 Å². The molecule has 0 aliphatic rings. The second-order valence-corrected chi connectivity index (χ2v) is 3.50. The van der Waals surface area contributed by atoms with Gasteiger partial charge >= 0.3 is 12.4 Å². The lowest BCUT2D eigenvalue weighted by atomic mass is 10.1. The third-order valence-electron chi connectivity index (χ3n) is 1.97. The number of nitrogens with zero attached hydrogens (tertiary/aromatic N) is 1. The number of amides is 1. The van der Waals surface area contributed by atoms with Crippen molar-refractivity contribution in [2.45, 2.75) is 38.2 Å². The summed E-state index contributed by atoms with van der Waals surface area (Å²) < 4.78 is 72.9. The molecule has 0 aliphatic carbocycles. The zero-order valence-corrected chi connectivity index (χ0v) is 9.19. The molecule has 9 heteroatoms. The Kier molecular flexibility index (Phi) is 5.45. The first-order valence-electron chi connectivity index (χ1n) is 4.87. The maximum absolute atomic E-state index is 12.1. The summed E-state index contributed by atoms with van der Waals surface area (Å²) in [6, 6.07) is 0.0590. The zero-order chi connectivity index (χ0) is 14.6. The van der Waals surface area contributed by atoms with Crippen molar-refractivity contribution in [1.82, 2.24) is 5.32 Å². The van der Waals surface area contributed by atoms with E-state index in [0.29, 0.717) is 6.42 Å². The molecule has 1 amide bonds. The number of carbonyl (C=O) groups excluding carboxylic acids is 1. The van der Waals surface area contributed by atoms with E-state index >= 15 is 0 Å². The highest BCUT2D eigenvalue weighted by molar-refractivity contribution is 5.80. The Morgan fingerprint density at radius 1 is 1.22 bits per heavy atom. The van der Waals surface area contributed by atoms with E-state index in [1.54, 1.807) is 6.92 Å². The largest absolute Gasteiger partial charge is 0.409 e. The molecule has 0 bridgehead atoms. The standard InChI is InChI=1S/C9H10F6N2O/c1-2-3-5(4-16)17-7(18)6(8(10,11)12)9(13,14)15/h5-6H,2-3H2,1H3,(H,17,18). The van der Waals surface area contributed by atoms with Gasteiger partial charge in [0.15, 0.2) is 0 Å². The summed E-state index contributed by atoms with van der Waals surface area (Å²) in [4.78, 5) is 11.0. The summed E-state index contributed by atoms with van der Waals surface area (Å²) in [5.41, 5.74) is 0. The van der Waals surface area contributed by atoms with Gasteiger partial charge in [-0.1, -0.05) is 13.3 Å². The lowest BCUT2D eigenvalue weighted by Gasteiger charge is -2.23. The van der Waals surface area contributed by atoms with Crippen molar-refractivity contribution >= 4 is 5.91 Å². The van der Waals surface area contributed by atoms with E-state index < -0.39 is 30.2 Å². The molecule has 1 N–H and O–H groups in total. The quantitative estimate of drug-likeness (QED) is 0.802. The van der Waals surface area contributed by atoms with E-state index in [-0.39, 0.29) is 6.42 Å². The molecule has 1 atom stereocenters. The highest BCUT2D eigenvalue weighted by Gasteiger charge is 2.61. The molecule has 1 unspecified atom stereocenters. The molecular weight excluding hydrogens is 266 g/mol. The van der Waals surface area contributed by atoms with Crippen molar-refractivity contribution in [3.05, 3.63) is 0 Å². The number of hydrogen-bond acceptors (Lipinski definition) is 2. The molecule has 0 saturated carbocycles. The van der Waals surface area contributed by atoms with Crippen LogP contribution in [0.15, 0.2) is 0 Å². The van der Waals surface area contributed by atoms with Gasteiger partial charge in [0.2, 0.25) is 11.8 Å². The van der Waals surface area contributed by atoms with E-state index in [0.717, 1.165) is 0 Å². The normalized spacial score (nSPS) is 14.2. The molecule has 104 valence electrons. The minimum absolute atomic E-state index is 0.0231. The SMILES string of the molecule is CCCC(C#N)NC(=O)C(C(F)(F)F)C(F)(F)F. The topological polar surface area (TPSA) is 52.9 Å². The molecule has 3 nitrogen and oxygen atoms in total. The summed E-state index contributed by atoms with van der Waals surface area (Å²) in [5, 5.41) is 9.91. The summed E-state index contributed by atoms with van der Waals surface area (Å²) in [5.74, 6) is -6.37. The third-order valence-corrected chi connectivity index (χ3v) is 1.97. The molecule has 0 saturated heterocycles. The van der Waals surface area contributed by atoms with Gasteiger partial charge in [-0.2, -0.15) is 31.6 Å². The molecule has 18 heavy (non-hydrogen) atoms. The number of rotatable bonds is 4. The fraction of sp³-hybridized carbons (Fsp3) is 0.778. The first-order chi connectivity index (χ1) is 8.04. The average molecular weight is 276 g/mol. The van der Waals surface area contributed by atoms with Gasteiger partial charge < -0.3 is 5.32 Å². The van der Waals surface area contributed by atoms with Crippen molar-refractivity contribution in [2.24, 2.45) is 5.92 Å². The predicted molar refractivity (Wildman–Crippen MR) is 48.1 cm³/mol. The fourth-order valence-electron chi connectivity index (χ4n) is 1.20. The van der Waals surface area contributed by atoms with Gasteiger partial charge in [-0.05, 0) is 6.42 Å². The van der Waals surface area contributed by atoms with Crippen LogP contribution in [0.25, 0.3) is 0 Å². The molecule has 0 aromatic heterocycles. The van der Waals surface area contributed by atoms with E-state index in [4.69, 9.17) is 5.26 Å². The first kappa shape index (κ1) is 16.5. The predicted octanol–water partition coefficient (Wildman–Crippen LogP) is 2.54. The number of halogens is 6. The Labute approximate surface area is 98.8 Å². The van der Waals surface area contributed by atoms with Crippen molar-refractivity contribution in [3.63, 3.8) is 0 Å². The highest BCUT2D eigenvalue weighted by atomic mass is 19.4. The van der Waals surface area contributed by atoms with Gasteiger partial charge in [0, 0.05) is 0 Å². The van der Waals surface area contributed by atoms with Crippen LogP contribution in [-0.4, -0.2) is 24.3 Å². The molecule has 0 aromatic rings. The van der Waals surface area contributed by atoms with Crippen LogP contribution in [0.4, 0.5) is 26.3 Å². The number of carbonyl (C=O) groups is 1. The Bertz CT molecular complexity index is 315. The third kappa shape index (κ3) is 4.81. The Balaban J connectivity index is 4.96. The molecule has 0 aromatic carbocycles. The molecule has 0 spiro atoms. The van der Waals surface area contributed by atoms with Crippen molar-refractivity contribution in [1.29, 1.82) is 5.26 Å². The van der Waals surface area contributed by atoms with Crippen LogP contribution in [-0.2, 0) is 4.79 Å². The maximum atomic E-state index is 12.1. The van der Waals surface area contributed by atoms with Crippen LogP contribution >= 0.6 is 0 Å². The van der Waals surface area contributed by atoms with Crippen molar-refractivity contribution < 1.29 is 31.1 Å². The summed E-state index contributed by atoms with van der Waals surface area (Å²) in [6.45, 7) is 1.57. The van der Waals surface area contributed by atoms with E-state index in [1.165, 1.54) is 11.4 Å². The molecule has 0 radical (unpaired) electrons. The summed E-state index contributed by atoms with van der Waals surface area (Å²) in [7, 11) is 0. The van der Waals surface area contributed by atoms with Crippen molar-refractivity contribution in [2.75, 3.05) is 0 Å². The molecular formula is C9H10F6N2O. The average Bonchev–Trinajstić information content (AvgIpc) is 2.11. The van der Waals surface area contributed by atoms with Crippen LogP contribution in [0, 0.1) is 17.2 Å². The van der Waals surface area contributed by atoms with E-state index in [9.17, 15) is 31.1 Å². The molecule has 0 rings (SSSR count). The van der Waals surface area contributed by atoms with Crippen molar-refractivity contribution in [3.8, 4) is 6.07 Å². The van der Waals surface area contributed by atoms with Crippen LogP contribution in [0.2, 0.25) is 0 Å². The molecule has 0 aliphatic heterocycles. The number of nitrogens with one attached hydrogen (secondary N) is 1. The Hall–Kier alpha value is -1.46. The minimum atomic E-state index is -5.74. The lowest BCUT2D eigenvalue weighted by molar-refractivity contribution is -0.274. The second-order valence-electron chi connectivity index (χ2n) is 3.50. The first-order valence-corrected chi connectivity index (χ1v) is 4.87. The van der Waals surface area contributed by atoms with Gasteiger partial charge in [0.25, 0.3) is 0 Å². The fourth-order valence-corrected chi connectivity index (χ4v) is 1.20. The van der Waals surface area contributed by atoms with Gasteiger partial charge in [-0.3, -0.25) is 4.79 Å². The monoisotopic (exact) mass is 276 g/mol. The summed E-state index contributed by atoms with van der Waals surface area (Å²) in [6.07, 6.45) is -11.2. The minimum Gasteiger partial charge on any atom is -0.340 e. The summed E-state index contributed by atoms with van der Waals surface area (Å²) >= 11 is 0. The maximum Gasteiger partial charge on any atom is 0.409 e. The lowest BCUT2D eigenvalue weighted by Crippen LogP contribution is -2.50. The van der Waals surface area contributed by atoms with E-state index in [2.05, 4.69) is 0 Å². The molecule has 0 fully saturated rings. The van der Waals surface area contributed by atoms with Crippen LogP contribution in [0.5, 0.6) is 0 Å². The Morgan fingerprint density at radius 3 is 1.94 bits per heavy atom. The van der Waals surface area contributed by atoms with E-state index in [1.807, 2.05) is 0 Å².